The molecule has 1 saturated heterocycles. The third-order valence-corrected chi connectivity index (χ3v) is 3.86. The largest absolute Gasteiger partial charge is 0.409 e. The monoisotopic (exact) mass is 292 g/mol. The summed E-state index contributed by atoms with van der Waals surface area (Å²) >= 11 is 0. The van der Waals surface area contributed by atoms with Gasteiger partial charge in [-0.2, -0.15) is 0 Å². The molecule has 1 unspecified atom stereocenters. The molecule has 3 N–H and O–H groups in total. The van der Waals surface area contributed by atoms with Crippen LogP contribution in [0.1, 0.15) is 12.5 Å². The van der Waals surface area contributed by atoms with Crippen LogP contribution in [0.15, 0.2) is 29.4 Å². The third-order valence-electron chi connectivity index (χ3n) is 3.86. The van der Waals surface area contributed by atoms with Gasteiger partial charge in [-0.3, -0.25) is 4.90 Å². The zero-order chi connectivity index (χ0) is 15.2. The van der Waals surface area contributed by atoms with Crippen LogP contribution >= 0.6 is 0 Å². The SMILES string of the molecule is CCN1CCOC(CN(C)c2ccc(C(N)=NO)cc2)C1. The maximum atomic E-state index is 8.66. The van der Waals surface area contributed by atoms with Gasteiger partial charge in [0.05, 0.1) is 12.7 Å². The number of oxime groups is 1. The lowest BCUT2D eigenvalue weighted by Gasteiger charge is -2.34. The van der Waals surface area contributed by atoms with Crippen molar-refractivity contribution in [2.24, 2.45) is 10.9 Å². The first kappa shape index (κ1) is 15.6. The van der Waals surface area contributed by atoms with Crippen LogP contribution in [0.5, 0.6) is 0 Å². The molecule has 1 aromatic carbocycles. The van der Waals surface area contributed by atoms with E-state index in [0.717, 1.165) is 38.5 Å². The molecule has 6 heteroatoms. The maximum Gasteiger partial charge on any atom is 0.170 e. The van der Waals surface area contributed by atoms with E-state index in [1.165, 1.54) is 0 Å². The third kappa shape index (κ3) is 4.09. The molecule has 0 radical (unpaired) electrons. The number of ether oxygens (including phenoxy) is 1. The van der Waals surface area contributed by atoms with E-state index in [0.29, 0.717) is 5.56 Å². The van der Waals surface area contributed by atoms with Crippen molar-refractivity contribution in [1.82, 2.24) is 4.90 Å². The number of hydrogen-bond donors (Lipinski definition) is 2. The molecule has 0 aromatic heterocycles. The average molecular weight is 292 g/mol. The van der Waals surface area contributed by atoms with Crippen molar-refractivity contribution in [3.63, 3.8) is 0 Å². The molecule has 1 fully saturated rings. The molecular weight excluding hydrogens is 268 g/mol. The summed E-state index contributed by atoms with van der Waals surface area (Å²) in [4.78, 5) is 4.57. The quantitative estimate of drug-likeness (QED) is 0.366. The van der Waals surface area contributed by atoms with Crippen molar-refractivity contribution in [1.29, 1.82) is 0 Å². The molecule has 1 atom stereocenters. The number of nitrogens with zero attached hydrogens (tertiary/aromatic N) is 3. The van der Waals surface area contributed by atoms with Gasteiger partial charge < -0.3 is 20.6 Å². The zero-order valence-electron chi connectivity index (χ0n) is 12.7. The number of amidine groups is 1. The summed E-state index contributed by atoms with van der Waals surface area (Å²) in [5.74, 6) is 0.124. The van der Waals surface area contributed by atoms with Crippen LogP contribution in [0.25, 0.3) is 0 Å². The van der Waals surface area contributed by atoms with Gasteiger partial charge in [-0.05, 0) is 30.8 Å². The molecule has 0 amide bonds. The molecule has 2 rings (SSSR count). The van der Waals surface area contributed by atoms with Crippen molar-refractivity contribution in [3.8, 4) is 0 Å². The summed E-state index contributed by atoms with van der Waals surface area (Å²) in [6.07, 6.45) is 0.229. The fraction of sp³-hybridized carbons (Fsp3) is 0.533. The highest BCUT2D eigenvalue weighted by Gasteiger charge is 2.20. The molecule has 116 valence electrons. The zero-order valence-corrected chi connectivity index (χ0v) is 12.7. The molecule has 6 nitrogen and oxygen atoms in total. The molecule has 0 spiro atoms. The average Bonchev–Trinajstić information content (AvgIpc) is 2.54. The Morgan fingerprint density at radius 1 is 1.48 bits per heavy atom. The highest BCUT2D eigenvalue weighted by atomic mass is 16.5. The Balaban J connectivity index is 1.95. The van der Waals surface area contributed by atoms with E-state index in [4.69, 9.17) is 15.7 Å². The second kappa shape index (κ2) is 7.28. The van der Waals surface area contributed by atoms with Crippen LogP contribution in [0.3, 0.4) is 0 Å². The first-order chi connectivity index (χ1) is 10.1. The number of morpholine rings is 1. The summed E-state index contributed by atoms with van der Waals surface area (Å²) in [6.45, 7) is 6.89. The van der Waals surface area contributed by atoms with Crippen LogP contribution in [0, 0.1) is 0 Å². The normalized spacial score (nSPS) is 20.5. The Labute approximate surface area is 125 Å². The van der Waals surface area contributed by atoms with Crippen molar-refractivity contribution in [3.05, 3.63) is 29.8 Å². The van der Waals surface area contributed by atoms with Crippen LogP contribution < -0.4 is 10.6 Å². The topological polar surface area (TPSA) is 74.3 Å². The standard InChI is InChI=1S/C15H24N4O2/c1-3-19-8-9-21-14(11-19)10-18(2)13-6-4-12(5-7-13)15(16)17-20/h4-7,14,20H,3,8-11H2,1-2H3,(H2,16,17). The number of nitrogens with two attached hydrogens (primary N) is 1. The van der Waals surface area contributed by atoms with Gasteiger partial charge in [-0.15, -0.1) is 0 Å². The predicted molar refractivity (Wildman–Crippen MR) is 84.1 cm³/mol. The molecule has 1 aliphatic heterocycles. The van der Waals surface area contributed by atoms with Gasteiger partial charge in [0.15, 0.2) is 5.84 Å². The first-order valence-electron chi connectivity index (χ1n) is 7.27. The smallest absolute Gasteiger partial charge is 0.170 e. The number of anilines is 1. The van der Waals surface area contributed by atoms with Gasteiger partial charge in [0.1, 0.15) is 0 Å². The first-order valence-corrected chi connectivity index (χ1v) is 7.27. The number of benzene rings is 1. The molecule has 1 aromatic rings. The Kier molecular flexibility index (Phi) is 5.41. The fourth-order valence-electron chi connectivity index (χ4n) is 2.53. The van der Waals surface area contributed by atoms with Crippen molar-refractivity contribution in [2.75, 3.05) is 44.7 Å². The highest BCUT2D eigenvalue weighted by Crippen LogP contribution is 2.16. The molecule has 0 bridgehead atoms. The maximum absolute atomic E-state index is 8.66. The summed E-state index contributed by atoms with van der Waals surface area (Å²) in [6, 6.07) is 7.63. The van der Waals surface area contributed by atoms with E-state index in [1.54, 1.807) is 0 Å². The second-order valence-corrected chi connectivity index (χ2v) is 5.30. The summed E-state index contributed by atoms with van der Waals surface area (Å²) in [5.41, 5.74) is 7.36. The Bertz CT molecular complexity index is 475. The van der Waals surface area contributed by atoms with Gasteiger partial charge >= 0.3 is 0 Å². The van der Waals surface area contributed by atoms with E-state index in [9.17, 15) is 0 Å². The number of rotatable bonds is 5. The molecule has 21 heavy (non-hydrogen) atoms. The van der Waals surface area contributed by atoms with E-state index < -0.39 is 0 Å². The summed E-state index contributed by atoms with van der Waals surface area (Å²) in [7, 11) is 2.05. The van der Waals surface area contributed by atoms with Gasteiger partial charge in [0.2, 0.25) is 0 Å². The number of hydrogen-bond acceptors (Lipinski definition) is 5. The Morgan fingerprint density at radius 3 is 2.81 bits per heavy atom. The molecule has 0 saturated carbocycles. The van der Waals surface area contributed by atoms with Gasteiger partial charge in [-0.25, -0.2) is 0 Å². The molecular formula is C15H24N4O2. The second-order valence-electron chi connectivity index (χ2n) is 5.30. The van der Waals surface area contributed by atoms with Crippen LogP contribution in [0.4, 0.5) is 5.69 Å². The molecule has 0 aliphatic carbocycles. The minimum Gasteiger partial charge on any atom is -0.409 e. The number of likely N-dealkylation sites (N-methyl/N-ethyl adjacent to an activating group) is 2. The van der Waals surface area contributed by atoms with E-state index >= 15 is 0 Å². The van der Waals surface area contributed by atoms with Gasteiger partial charge in [0, 0.05) is 37.9 Å². The van der Waals surface area contributed by atoms with Crippen molar-refractivity contribution < 1.29 is 9.94 Å². The van der Waals surface area contributed by atoms with Crippen LogP contribution in [0.2, 0.25) is 0 Å². The Morgan fingerprint density at radius 2 is 2.19 bits per heavy atom. The molecule has 1 aliphatic rings. The van der Waals surface area contributed by atoms with Gasteiger partial charge in [0.25, 0.3) is 0 Å². The van der Waals surface area contributed by atoms with E-state index in [-0.39, 0.29) is 11.9 Å². The van der Waals surface area contributed by atoms with Crippen molar-refractivity contribution in [2.45, 2.75) is 13.0 Å². The summed E-state index contributed by atoms with van der Waals surface area (Å²) in [5, 5.41) is 11.7. The highest BCUT2D eigenvalue weighted by molar-refractivity contribution is 5.97. The van der Waals surface area contributed by atoms with Crippen molar-refractivity contribution >= 4 is 11.5 Å². The predicted octanol–water partition coefficient (Wildman–Crippen LogP) is 0.938. The lowest BCUT2D eigenvalue weighted by atomic mass is 10.1. The fourth-order valence-corrected chi connectivity index (χ4v) is 2.53. The van der Waals surface area contributed by atoms with E-state index in [1.807, 2.05) is 31.3 Å². The van der Waals surface area contributed by atoms with Gasteiger partial charge in [-0.1, -0.05) is 12.1 Å². The minimum atomic E-state index is 0.124. The lowest BCUT2D eigenvalue weighted by molar-refractivity contribution is -0.0216. The summed E-state index contributed by atoms with van der Waals surface area (Å²) < 4.78 is 5.83. The minimum absolute atomic E-state index is 0.124. The van der Waals surface area contributed by atoms with E-state index in [2.05, 4.69) is 21.9 Å². The van der Waals surface area contributed by atoms with Crippen LogP contribution in [-0.2, 0) is 4.74 Å². The molecule has 1 heterocycles. The van der Waals surface area contributed by atoms with Crippen LogP contribution in [-0.4, -0.2) is 61.9 Å². The Hall–Kier alpha value is -1.79. The lowest BCUT2D eigenvalue weighted by Crippen LogP contribution is -2.46.